The van der Waals surface area contributed by atoms with Crippen molar-refractivity contribution in [2.75, 3.05) is 0 Å². The number of alkyl carbamates (subject to hydrolysis) is 1. The van der Waals surface area contributed by atoms with Crippen molar-refractivity contribution in [1.29, 1.82) is 0 Å². The van der Waals surface area contributed by atoms with Gasteiger partial charge in [-0.1, -0.05) is 6.42 Å². The van der Waals surface area contributed by atoms with Gasteiger partial charge < -0.3 is 10.1 Å². The highest BCUT2D eigenvalue weighted by atomic mass is 16.6. The van der Waals surface area contributed by atoms with Gasteiger partial charge >= 0.3 is 6.09 Å². The van der Waals surface area contributed by atoms with Crippen LogP contribution in [0.3, 0.4) is 0 Å². The summed E-state index contributed by atoms with van der Waals surface area (Å²) >= 11 is 0. The molecule has 0 unspecified atom stereocenters. The maximum absolute atomic E-state index is 11.6. The van der Waals surface area contributed by atoms with E-state index in [0.717, 1.165) is 19.3 Å². The molecule has 16 heavy (non-hydrogen) atoms. The highest BCUT2D eigenvalue weighted by molar-refractivity contribution is 5.94. The largest absolute Gasteiger partial charge is 0.444 e. The summed E-state index contributed by atoms with van der Waals surface area (Å²) in [6.07, 6.45) is 3.01. The van der Waals surface area contributed by atoms with Gasteiger partial charge in [-0.05, 0) is 33.6 Å². The number of hydrogen-bond acceptors (Lipinski definition) is 3. The van der Waals surface area contributed by atoms with Crippen LogP contribution in [0.1, 0.15) is 46.5 Å². The van der Waals surface area contributed by atoms with E-state index in [-0.39, 0.29) is 11.5 Å². The van der Waals surface area contributed by atoms with E-state index in [1.54, 1.807) is 0 Å². The first-order valence-corrected chi connectivity index (χ1v) is 5.86. The first-order valence-electron chi connectivity index (χ1n) is 5.86. The van der Waals surface area contributed by atoms with Crippen LogP contribution in [-0.2, 0) is 9.53 Å². The van der Waals surface area contributed by atoms with Crippen LogP contribution in [-0.4, -0.2) is 23.5 Å². The van der Waals surface area contributed by atoms with E-state index in [2.05, 4.69) is 5.32 Å². The Hall–Kier alpha value is -1.06. The SMILES string of the molecule is CC(C)(C)OC(=O)N[C@@H]1CC(=O)C12CCC2. The number of carbonyl (C=O) groups is 2. The van der Waals surface area contributed by atoms with E-state index in [4.69, 9.17) is 4.74 Å². The molecule has 4 heteroatoms. The third kappa shape index (κ3) is 1.81. The van der Waals surface area contributed by atoms with Gasteiger partial charge in [-0.25, -0.2) is 4.79 Å². The Bertz CT molecular complexity index is 326. The first kappa shape index (κ1) is 11.4. The molecule has 2 aliphatic rings. The number of ketones is 1. The van der Waals surface area contributed by atoms with Crippen LogP contribution in [0.2, 0.25) is 0 Å². The molecule has 2 rings (SSSR count). The summed E-state index contributed by atoms with van der Waals surface area (Å²) in [4.78, 5) is 23.1. The fourth-order valence-corrected chi connectivity index (χ4v) is 2.47. The summed E-state index contributed by atoms with van der Waals surface area (Å²) in [5.41, 5.74) is -0.707. The summed E-state index contributed by atoms with van der Waals surface area (Å²) in [6, 6.07) is 0.00333. The van der Waals surface area contributed by atoms with Crippen molar-refractivity contribution >= 4 is 11.9 Å². The zero-order valence-electron chi connectivity index (χ0n) is 10.1. The molecule has 2 aliphatic carbocycles. The number of Topliss-reactive ketones (excluding diaryl/α,β-unsaturated/α-hetero) is 1. The Kier molecular flexibility index (Phi) is 2.48. The van der Waals surface area contributed by atoms with Gasteiger partial charge in [0.15, 0.2) is 0 Å². The highest BCUT2D eigenvalue weighted by Gasteiger charge is 2.58. The Balaban J connectivity index is 1.87. The second kappa shape index (κ2) is 3.47. The smallest absolute Gasteiger partial charge is 0.407 e. The van der Waals surface area contributed by atoms with Crippen molar-refractivity contribution < 1.29 is 14.3 Å². The lowest BCUT2D eigenvalue weighted by Gasteiger charge is -2.53. The molecule has 1 spiro atoms. The van der Waals surface area contributed by atoms with E-state index in [0.29, 0.717) is 12.2 Å². The predicted molar refractivity (Wildman–Crippen MR) is 59.1 cm³/mol. The van der Waals surface area contributed by atoms with Crippen LogP contribution in [0, 0.1) is 5.41 Å². The number of ether oxygens (including phenoxy) is 1. The van der Waals surface area contributed by atoms with E-state index >= 15 is 0 Å². The van der Waals surface area contributed by atoms with E-state index < -0.39 is 11.7 Å². The normalized spacial score (nSPS) is 26.9. The van der Waals surface area contributed by atoms with Crippen molar-refractivity contribution in [1.82, 2.24) is 5.32 Å². The van der Waals surface area contributed by atoms with E-state index in [1.807, 2.05) is 20.8 Å². The summed E-state index contributed by atoms with van der Waals surface area (Å²) in [5, 5.41) is 2.81. The second-order valence-corrected chi connectivity index (χ2v) is 5.84. The molecule has 0 aromatic heterocycles. The molecule has 0 aliphatic heterocycles. The maximum Gasteiger partial charge on any atom is 0.407 e. The Morgan fingerprint density at radius 3 is 2.44 bits per heavy atom. The average molecular weight is 225 g/mol. The minimum atomic E-state index is -0.482. The predicted octanol–water partition coefficient (Wildman–Crippen LogP) is 2.02. The minimum absolute atomic E-state index is 0.00333. The zero-order chi connectivity index (χ0) is 12.0. The van der Waals surface area contributed by atoms with Crippen molar-refractivity contribution in [2.24, 2.45) is 5.41 Å². The molecular formula is C12H19NO3. The number of rotatable bonds is 1. The van der Waals surface area contributed by atoms with Gasteiger partial charge in [-0.2, -0.15) is 0 Å². The van der Waals surface area contributed by atoms with Crippen LogP contribution in [0.15, 0.2) is 0 Å². The van der Waals surface area contributed by atoms with Crippen molar-refractivity contribution in [3.05, 3.63) is 0 Å². The molecule has 1 amide bonds. The van der Waals surface area contributed by atoms with Gasteiger partial charge in [0.2, 0.25) is 0 Å². The lowest BCUT2D eigenvalue weighted by atomic mass is 9.52. The highest BCUT2D eigenvalue weighted by Crippen LogP contribution is 2.53. The molecule has 0 heterocycles. The third-order valence-electron chi connectivity index (χ3n) is 3.55. The lowest BCUT2D eigenvalue weighted by Crippen LogP contribution is -2.65. The topological polar surface area (TPSA) is 55.4 Å². The first-order chi connectivity index (χ1) is 7.33. The molecule has 2 fully saturated rings. The summed E-state index contributed by atoms with van der Waals surface area (Å²) in [6.45, 7) is 5.49. The standard InChI is InChI=1S/C12H19NO3/c1-11(2,3)16-10(15)13-8-7-9(14)12(8)5-4-6-12/h8H,4-7H2,1-3H3,(H,13,15)/t8-/m1/s1. The molecule has 1 N–H and O–H groups in total. The molecule has 0 aromatic rings. The van der Waals surface area contributed by atoms with Gasteiger partial charge in [-0.15, -0.1) is 0 Å². The summed E-state index contributed by atoms with van der Waals surface area (Å²) in [7, 11) is 0. The van der Waals surface area contributed by atoms with Crippen LogP contribution < -0.4 is 5.32 Å². The van der Waals surface area contributed by atoms with Crippen molar-refractivity contribution in [3.8, 4) is 0 Å². The van der Waals surface area contributed by atoms with E-state index in [1.165, 1.54) is 0 Å². The van der Waals surface area contributed by atoms with Crippen LogP contribution >= 0.6 is 0 Å². The van der Waals surface area contributed by atoms with E-state index in [9.17, 15) is 9.59 Å². The van der Waals surface area contributed by atoms with Crippen molar-refractivity contribution in [2.45, 2.75) is 58.1 Å². The summed E-state index contributed by atoms with van der Waals surface area (Å²) < 4.78 is 5.18. The fraction of sp³-hybridized carbons (Fsp3) is 0.833. The number of amides is 1. The second-order valence-electron chi connectivity index (χ2n) is 5.84. The Morgan fingerprint density at radius 2 is 2.06 bits per heavy atom. The van der Waals surface area contributed by atoms with Gasteiger partial charge in [0.05, 0.1) is 6.04 Å². The van der Waals surface area contributed by atoms with Crippen LogP contribution in [0.5, 0.6) is 0 Å². The maximum atomic E-state index is 11.6. The van der Waals surface area contributed by atoms with Gasteiger partial charge in [0, 0.05) is 11.8 Å². The molecule has 0 radical (unpaired) electrons. The fourth-order valence-electron chi connectivity index (χ4n) is 2.47. The third-order valence-corrected chi connectivity index (χ3v) is 3.55. The number of hydrogen-bond donors (Lipinski definition) is 1. The van der Waals surface area contributed by atoms with Gasteiger partial charge in [-0.3, -0.25) is 4.79 Å². The number of carbonyl (C=O) groups excluding carboxylic acids is 2. The Morgan fingerprint density at radius 1 is 1.44 bits per heavy atom. The van der Waals surface area contributed by atoms with Gasteiger partial charge in [0.25, 0.3) is 0 Å². The lowest BCUT2D eigenvalue weighted by molar-refractivity contribution is -0.149. The number of nitrogens with one attached hydrogen (secondary N) is 1. The molecule has 4 nitrogen and oxygen atoms in total. The molecule has 1 atom stereocenters. The van der Waals surface area contributed by atoms with Crippen molar-refractivity contribution in [3.63, 3.8) is 0 Å². The van der Waals surface area contributed by atoms with Crippen LogP contribution in [0.4, 0.5) is 4.79 Å². The molecule has 0 bridgehead atoms. The monoisotopic (exact) mass is 225 g/mol. The molecule has 0 saturated heterocycles. The summed E-state index contributed by atoms with van der Waals surface area (Å²) in [5.74, 6) is 0.305. The minimum Gasteiger partial charge on any atom is -0.444 e. The van der Waals surface area contributed by atoms with Crippen LogP contribution in [0.25, 0.3) is 0 Å². The zero-order valence-corrected chi connectivity index (χ0v) is 10.1. The molecule has 90 valence electrons. The Labute approximate surface area is 95.7 Å². The molecular weight excluding hydrogens is 206 g/mol. The molecule has 2 saturated carbocycles. The molecule has 0 aromatic carbocycles. The quantitative estimate of drug-likeness (QED) is 0.742. The van der Waals surface area contributed by atoms with Gasteiger partial charge in [0.1, 0.15) is 11.4 Å². The average Bonchev–Trinajstić information content (AvgIpc) is 1.95.